The molecule has 43 heavy (non-hydrogen) atoms. The number of ketones is 1. The van der Waals surface area contributed by atoms with Crippen LogP contribution >= 0.6 is 0 Å². The van der Waals surface area contributed by atoms with Crippen LogP contribution in [0.1, 0.15) is 51.4 Å². The monoisotopic (exact) mass is 582 g/mol. The Morgan fingerprint density at radius 3 is 1.88 bits per heavy atom. The summed E-state index contributed by atoms with van der Waals surface area (Å²) >= 11 is 0. The zero-order valence-electron chi connectivity index (χ0n) is 23.6. The third-order valence-corrected chi connectivity index (χ3v) is 7.08. The molecule has 0 amide bonds. The summed E-state index contributed by atoms with van der Waals surface area (Å²) in [4.78, 5) is 13.3. The minimum absolute atomic E-state index is 0.0201. The van der Waals surface area contributed by atoms with Gasteiger partial charge in [-0.05, 0) is 78.4 Å². The molecule has 222 valence electrons. The Bertz CT molecular complexity index is 1590. The van der Waals surface area contributed by atoms with Gasteiger partial charge in [0, 0.05) is 17.5 Å². The molecule has 0 bridgehead atoms. The molecule has 0 spiro atoms. The topological polar surface area (TPSA) is 148 Å². The molecule has 0 unspecified atom stereocenters. The highest BCUT2D eigenvalue weighted by molar-refractivity contribution is 6.11. The molecule has 0 aliphatic carbocycles. The normalized spacial score (nSPS) is 12.9. The predicted octanol–water partition coefficient (Wildman–Crippen LogP) is 6.30. The Kier molecular flexibility index (Phi) is 10.1. The number of ether oxygens (including phenoxy) is 1. The lowest BCUT2D eigenvalue weighted by Gasteiger charge is -2.22. The van der Waals surface area contributed by atoms with Crippen LogP contribution in [0.2, 0.25) is 0 Å². The molecule has 0 aromatic heterocycles. The summed E-state index contributed by atoms with van der Waals surface area (Å²) in [5.74, 6) is -1.75. The second-order valence-electron chi connectivity index (χ2n) is 10.2. The zero-order valence-corrected chi connectivity index (χ0v) is 23.6. The van der Waals surface area contributed by atoms with Crippen molar-refractivity contribution < 1.29 is 40.2 Å². The molecule has 0 saturated carbocycles. The van der Waals surface area contributed by atoms with Gasteiger partial charge in [-0.2, -0.15) is 0 Å². The third-order valence-electron chi connectivity index (χ3n) is 7.08. The molecule has 2 atom stereocenters. The number of hydrogen-bond donors (Lipinski definition) is 6. The van der Waals surface area contributed by atoms with E-state index in [1.165, 1.54) is 49.6 Å². The quantitative estimate of drug-likeness (QED) is 0.0842. The third kappa shape index (κ3) is 8.18. The van der Waals surface area contributed by atoms with Crippen LogP contribution < -0.4 is 4.74 Å². The van der Waals surface area contributed by atoms with E-state index in [-0.39, 0.29) is 46.3 Å². The number of aliphatic hydroxyl groups is 1. The molecule has 0 radical (unpaired) electrons. The van der Waals surface area contributed by atoms with Gasteiger partial charge < -0.3 is 35.4 Å². The minimum Gasteiger partial charge on any atom is -0.508 e. The zero-order chi connectivity index (χ0) is 30.9. The van der Waals surface area contributed by atoms with Gasteiger partial charge in [0.1, 0.15) is 40.1 Å². The van der Waals surface area contributed by atoms with Gasteiger partial charge in [0.25, 0.3) is 0 Å². The van der Waals surface area contributed by atoms with Gasteiger partial charge in [0.2, 0.25) is 0 Å². The first-order valence-corrected chi connectivity index (χ1v) is 13.7. The number of hydrogen-bond acceptors (Lipinski definition) is 8. The molecule has 0 fully saturated rings. The molecule has 0 heterocycles. The van der Waals surface area contributed by atoms with E-state index >= 15 is 0 Å². The highest BCUT2D eigenvalue weighted by Crippen LogP contribution is 2.44. The van der Waals surface area contributed by atoms with Crippen LogP contribution in [0, 0.1) is 0 Å². The number of allylic oxidation sites excluding steroid dienone is 2. The second kappa shape index (κ2) is 14.1. The van der Waals surface area contributed by atoms with E-state index in [9.17, 15) is 35.4 Å². The summed E-state index contributed by atoms with van der Waals surface area (Å²) in [5.41, 5.74) is 2.22. The first-order valence-electron chi connectivity index (χ1n) is 13.7. The molecule has 0 aliphatic rings. The summed E-state index contributed by atoms with van der Waals surface area (Å²) in [7, 11) is 1.32. The summed E-state index contributed by atoms with van der Waals surface area (Å²) < 4.78 is 5.33. The lowest BCUT2D eigenvalue weighted by molar-refractivity contribution is 0.104. The van der Waals surface area contributed by atoms with Crippen LogP contribution in [0.3, 0.4) is 0 Å². The summed E-state index contributed by atoms with van der Waals surface area (Å²) in [6, 6.07) is 20.6. The van der Waals surface area contributed by atoms with E-state index in [2.05, 4.69) is 0 Å². The number of aromatic hydroxyl groups is 5. The highest BCUT2D eigenvalue weighted by Gasteiger charge is 2.28. The van der Waals surface area contributed by atoms with Crippen molar-refractivity contribution >= 4 is 17.9 Å². The van der Waals surface area contributed by atoms with Gasteiger partial charge in [-0.15, -0.1) is 0 Å². The van der Waals surface area contributed by atoms with Crippen molar-refractivity contribution in [3.8, 4) is 34.5 Å². The van der Waals surface area contributed by atoms with Crippen LogP contribution in [0.25, 0.3) is 12.2 Å². The van der Waals surface area contributed by atoms with Crippen molar-refractivity contribution in [3.63, 3.8) is 0 Å². The lowest BCUT2D eigenvalue weighted by Crippen LogP contribution is -2.14. The fourth-order valence-electron chi connectivity index (χ4n) is 4.76. The Hall–Kier alpha value is -5.21. The highest BCUT2D eigenvalue weighted by atomic mass is 16.5. The molecular formula is C35H34O8. The number of benzene rings is 4. The van der Waals surface area contributed by atoms with Crippen LogP contribution in [-0.4, -0.2) is 49.6 Å². The van der Waals surface area contributed by atoms with Gasteiger partial charge in [0.05, 0.1) is 13.2 Å². The fraction of sp³-hybridized carbons (Fsp3) is 0.171. The van der Waals surface area contributed by atoms with Gasteiger partial charge in [-0.3, -0.25) is 4.79 Å². The van der Waals surface area contributed by atoms with Gasteiger partial charge in [-0.1, -0.05) is 54.6 Å². The van der Waals surface area contributed by atoms with Crippen molar-refractivity contribution in [2.24, 2.45) is 0 Å². The predicted molar refractivity (Wildman–Crippen MR) is 165 cm³/mol. The van der Waals surface area contributed by atoms with Gasteiger partial charge >= 0.3 is 0 Å². The molecule has 0 aliphatic heterocycles. The maximum absolute atomic E-state index is 13.3. The van der Waals surface area contributed by atoms with Crippen molar-refractivity contribution in [2.75, 3.05) is 7.11 Å². The molecular weight excluding hydrogens is 548 g/mol. The Balaban J connectivity index is 1.68. The van der Waals surface area contributed by atoms with Crippen molar-refractivity contribution in [2.45, 2.75) is 31.3 Å². The van der Waals surface area contributed by atoms with Crippen molar-refractivity contribution in [1.29, 1.82) is 0 Å². The van der Waals surface area contributed by atoms with Crippen LogP contribution in [0.15, 0.2) is 91.0 Å². The number of methoxy groups -OCH3 is 1. The van der Waals surface area contributed by atoms with E-state index in [0.29, 0.717) is 18.4 Å². The largest absolute Gasteiger partial charge is 0.508 e. The van der Waals surface area contributed by atoms with E-state index in [1.54, 1.807) is 60.7 Å². The molecule has 0 saturated heterocycles. The average Bonchev–Trinajstić information content (AvgIpc) is 2.99. The second-order valence-corrected chi connectivity index (χ2v) is 10.2. The minimum atomic E-state index is -0.849. The first-order chi connectivity index (χ1) is 20.6. The maximum atomic E-state index is 13.3. The summed E-state index contributed by atoms with van der Waals surface area (Å²) in [6.07, 6.45) is 6.41. The number of rotatable bonds is 12. The van der Waals surface area contributed by atoms with E-state index in [4.69, 9.17) is 4.74 Å². The Morgan fingerprint density at radius 1 is 0.791 bits per heavy atom. The average molecular weight is 583 g/mol. The standard InChI is InChI=1S/C35H34O8/c1-43-32-21-31(41)33(35(42)34(32)30(40)19-10-24-7-16-28(38)17-8-24)25(11-2-22-3-12-26(36)13-4-22)20-29(39)18-9-23-5-14-27(37)15-6-23/h2-8,10-17,19,21,25,29,36-39,41-42H,9,18,20H2,1H3/t25-,29-/m0/s1. The van der Waals surface area contributed by atoms with Crippen LogP contribution in [0.5, 0.6) is 34.5 Å². The van der Waals surface area contributed by atoms with E-state index < -0.39 is 23.6 Å². The van der Waals surface area contributed by atoms with Crippen molar-refractivity contribution in [3.05, 3.63) is 119 Å². The molecule has 8 heteroatoms. The molecule has 8 nitrogen and oxygen atoms in total. The SMILES string of the molecule is COc1cc(O)c([C@@H](C=Cc2ccc(O)cc2)C[C@@H](O)CCc2ccc(O)cc2)c(O)c1C(=O)C=Cc1ccc(O)cc1. The summed E-state index contributed by atoms with van der Waals surface area (Å²) in [5, 5.41) is 62.2. The van der Waals surface area contributed by atoms with Gasteiger partial charge in [-0.25, -0.2) is 0 Å². The first kappa shape index (κ1) is 30.7. The maximum Gasteiger partial charge on any atom is 0.193 e. The number of aliphatic hydroxyl groups excluding tert-OH is 1. The van der Waals surface area contributed by atoms with Crippen molar-refractivity contribution in [1.82, 2.24) is 0 Å². The van der Waals surface area contributed by atoms with Gasteiger partial charge in [0.15, 0.2) is 5.78 Å². The van der Waals surface area contributed by atoms with E-state index in [0.717, 1.165) is 11.1 Å². The fourth-order valence-corrected chi connectivity index (χ4v) is 4.76. The van der Waals surface area contributed by atoms with E-state index in [1.807, 2.05) is 0 Å². The number of phenolic OH excluding ortho intramolecular Hbond substituents is 5. The smallest absolute Gasteiger partial charge is 0.193 e. The Morgan fingerprint density at radius 2 is 1.33 bits per heavy atom. The summed E-state index contributed by atoms with van der Waals surface area (Å²) in [6.45, 7) is 0. The number of phenols is 5. The molecule has 6 N–H and O–H groups in total. The van der Waals surface area contributed by atoms with Crippen LogP contribution in [-0.2, 0) is 6.42 Å². The number of carbonyl (C=O) groups is 1. The molecule has 4 aromatic rings. The lowest BCUT2D eigenvalue weighted by atomic mass is 9.87. The van der Waals surface area contributed by atoms with Crippen LogP contribution in [0.4, 0.5) is 0 Å². The molecule has 4 rings (SSSR count). The Labute approximate surface area is 249 Å². The number of aryl methyl sites for hydroxylation is 1. The molecule has 4 aromatic carbocycles. The number of carbonyl (C=O) groups excluding carboxylic acids is 1.